The van der Waals surface area contributed by atoms with Crippen LogP contribution in [0.2, 0.25) is 0 Å². The predicted molar refractivity (Wildman–Crippen MR) is 127 cm³/mol. The van der Waals surface area contributed by atoms with Gasteiger partial charge in [-0.15, -0.1) is 0 Å². The molecular weight excluding hydrogens is 368 g/mol. The fourth-order valence-corrected chi connectivity index (χ4v) is 5.68. The molecule has 0 heterocycles. The van der Waals surface area contributed by atoms with E-state index in [1.54, 1.807) is 14.2 Å². The second-order valence-electron chi connectivity index (χ2n) is 7.97. The largest absolute Gasteiger partial charge is 0.496 e. The second-order valence-corrected chi connectivity index (χ2v) is 7.97. The summed E-state index contributed by atoms with van der Waals surface area (Å²) in [5.74, 6) is 1.86. The molecule has 30 heavy (non-hydrogen) atoms. The van der Waals surface area contributed by atoms with Crippen molar-refractivity contribution in [1.82, 2.24) is 0 Å². The van der Waals surface area contributed by atoms with Crippen LogP contribution in [-0.4, -0.2) is 14.2 Å². The Labute approximate surface area is 172 Å². The Morgan fingerprint density at radius 1 is 0.367 bits per heavy atom. The van der Waals surface area contributed by atoms with Gasteiger partial charge in [0, 0.05) is 10.8 Å². The molecule has 2 nitrogen and oxygen atoms in total. The molecule has 0 saturated carbocycles. The summed E-state index contributed by atoms with van der Waals surface area (Å²) in [4.78, 5) is 0. The van der Waals surface area contributed by atoms with Crippen LogP contribution < -0.4 is 9.47 Å². The van der Waals surface area contributed by atoms with Crippen molar-refractivity contribution >= 4 is 64.6 Å². The van der Waals surface area contributed by atoms with Gasteiger partial charge in [-0.25, -0.2) is 0 Å². The Kier molecular flexibility index (Phi) is 2.91. The maximum atomic E-state index is 5.77. The van der Waals surface area contributed by atoms with E-state index in [0.717, 1.165) is 11.5 Å². The van der Waals surface area contributed by atoms with Crippen molar-refractivity contribution in [3.05, 3.63) is 72.8 Å². The van der Waals surface area contributed by atoms with Crippen LogP contribution in [0.25, 0.3) is 64.6 Å². The molecule has 0 unspecified atom stereocenters. The van der Waals surface area contributed by atoms with Gasteiger partial charge in [-0.1, -0.05) is 60.7 Å². The summed E-state index contributed by atoms with van der Waals surface area (Å²) in [6.45, 7) is 0. The van der Waals surface area contributed by atoms with Gasteiger partial charge in [-0.05, 0) is 66.0 Å². The predicted octanol–water partition coefficient (Wildman–Crippen LogP) is 7.50. The molecule has 0 aliphatic carbocycles. The summed E-state index contributed by atoms with van der Waals surface area (Å²) in [5, 5.41) is 15.3. The first kappa shape index (κ1) is 16.1. The smallest absolute Gasteiger partial charge is 0.127 e. The van der Waals surface area contributed by atoms with Gasteiger partial charge in [0.15, 0.2) is 0 Å². The van der Waals surface area contributed by atoms with E-state index in [1.165, 1.54) is 64.6 Å². The number of methoxy groups -OCH3 is 2. The highest BCUT2D eigenvalue weighted by atomic mass is 16.5. The van der Waals surface area contributed by atoms with Crippen LogP contribution in [-0.2, 0) is 0 Å². The first-order valence-corrected chi connectivity index (χ1v) is 10.2. The third-order valence-corrected chi connectivity index (χ3v) is 6.74. The first-order chi connectivity index (χ1) is 14.8. The molecule has 0 aromatic heterocycles. The van der Waals surface area contributed by atoms with Gasteiger partial charge in [0.2, 0.25) is 0 Å². The van der Waals surface area contributed by atoms with E-state index in [4.69, 9.17) is 9.47 Å². The highest BCUT2D eigenvalue weighted by molar-refractivity contribution is 6.48. The molecule has 0 radical (unpaired) electrons. The van der Waals surface area contributed by atoms with E-state index >= 15 is 0 Å². The number of ether oxygens (including phenoxy) is 2. The molecule has 0 fully saturated rings. The van der Waals surface area contributed by atoms with Crippen molar-refractivity contribution in [2.24, 2.45) is 0 Å². The average molecular weight is 386 g/mol. The summed E-state index contributed by atoms with van der Waals surface area (Å²) in [5.41, 5.74) is 0. The summed E-state index contributed by atoms with van der Waals surface area (Å²) in [6, 6.07) is 26.1. The summed E-state index contributed by atoms with van der Waals surface area (Å²) in [7, 11) is 3.51. The summed E-state index contributed by atoms with van der Waals surface area (Å²) in [6.07, 6.45) is 0. The minimum atomic E-state index is 0.932. The first-order valence-electron chi connectivity index (χ1n) is 10.2. The Balaban J connectivity index is 1.92. The fourth-order valence-electron chi connectivity index (χ4n) is 5.68. The van der Waals surface area contributed by atoms with Crippen LogP contribution in [0.15, 0.2) is 72.8 Å². The lowest BCUT2D eigenvalue weighted by Crippen LogP contribution is -1.82. The Bertz CT molecular complexity index is 1630. The van der Waals surface area contributed by atoms with Gasteiger partial charge in [0.05, 0.1) is 14.2 Å². The molecular formula is C28H18O2. The van der Waals surface area contributed by atoms with Crippen molar-refractivity contribution in [2.75, 3.05) is 14.2 Å². The van der Waals surface area contributed by atoms with Crippen molar-refractivity contribution < 1.29 is 9.47 Å². The van der Waals surface area contributed by atoms with E-state index in [0.29, 0.717) is 0 Å². The third-order valence-electron chi connectivity index (χ3n) is 6.74. The van der Waals surface area contributed by atoms with E-state index in [-0.39, 0.29) is 0 Å². The van der Waals surface area contributed by atoms with Crippen LogP contribution >= 0.6 is 0 Å². The molecule has 0 atom stereocenters. The monoisotopic (exact) mass is 386 g/mol. The minimum Gasteiger partial charge on any atom is -0.496 e. The Morgan fingerprint density at radius 2 is 0.633 bits per heavy atom. The molecule has 0 amide bonds. The van der Waals surface area contributed by atoms with Gasteiger partial charge in [0.25, 0.3) is 0 Å². The lowest BCUT2D eigenvalue weighted by atomic mass is 9.95. The molecule has 0 aliphatic rings. The van der Waals surface area contributed by atoms with E-state index in [9.17, 15) is 0 Å². The number of fused-ring (bicyclic) bond motifs is 8. The lowest BCUT2D eigenvalue weighted by molar-refractivity contribution is 0.420. The normalized spacial score (nSPS) is 12.3. The molecule has 0 bridgehead atoms. The highest BCUT2D eigenvalue weighted by Gasteiger charge is 2.23. The molecule has 0 saturated heterocycles. The van der Waals surface area contributed by atoms with Crippen molar-refractivity contribution in [1.29, 1.82) is 0 Å². The SMILES string of the molecule is COc1cccc2c1c1cccc3c4c5cccc(OC)c5c5cccc(c2c13)c54. The van der Waals surface area contributed by atoms with Crippen LogP contribution in [0.3, 0.4) is 0 Å². The van der Waals surface area contributed by atoms with Crippen molar-refractivity contribution in [2.45, 2.75) is 0 Å². The van der Waals surface area contributed by atoms with Gasteiger partial charge in [-0.3, -0.25) is 0 Å². The zero-order chi connectivity index (χ0) is 20.0. The van der Waals surface area contributed by atoms with Crippen LogP contribution in [0.1, 0.15) is 0 Å². The Hall–Kier alpha value is -3.78. The quantitative estimate of drug-likeness (QED) is 0.286. The molecule has 142 valence electrons. The van der Waals surface area contributed by atoms with Crippen LogP contribution in [0, 0.1) is 0 Å². The molecule has 2 heteroatoms. The van der Waals surface area contributed by atoms with E-state index < -0.39 is 0 Å². The standard InChI is InChI=1S/C28H18O2/c1-29-21-13-5-11-17-23(21)15-7-3-9-19-25(15)27(17)20-10-4-8-16-24-18(28(19)26(16)20)12-6-14-22(24)30-2/h3-14H,1-2H3. The second kappa shape index (κ2) is 5.43. The highest BCUT2D eigenvalue weighted by Crippen LogP contribution is 2.52. The van der Waals surface area contributed by atoms with Crippen LogP contribution in [0.5, 0.6) is 11.5 Å². The maximum Gasteiger partial charge on any atom is 0.127 e. The van der Waals surface area contributed by atoms with E-state index in [1.807, 2.05) is 0 Å². The average Bonchev–Trinajstić information content (AvgIpc) is 3.32. The zero-order valence-electron chi connectivity index (χ0n) is 16.7. The Morgan fingerprint density at radius 3 is 0.933 bits per heavy atom. The van der Waals surface area contributed by atoms with Crippen molar-refractivity contribution in [3.8, 4) is 11.5 Å². The van der Waals surface area contributed by atoms with Gasteiger partial charge in [-0.2, -0.15) is 0 Å². The van der Waals surface area contributed by atoms with Gasteiger partial charge in [0.1, 0.15) is 11.5 Å². The van der Waals surface area contributed by atoms with Gasteiger partial charge < -0.3 is 9.47 Å². The number of benzene rings is 5. The third kappa shape index (κ3) is 1.68. The number of hydrogen-bond acceptors (Lipinski definition) is 2. The molecule has 0 N–H and O–H groups in total. The van der Waals surface area contributed by atoms with Gasteiger partial charge >= 0.3 is 0 Å². The zero-order valence-corrected chi connectivity index (χ0v) is 16.7. The molecule has 7 aromatic carbocycles. The number of hydrogen-bond donors (Lipinski definition) is 0. The topological polar surface area (TPSA) is 18.5 Å². The van der Waals surface area contributed by atoms with Crippen LogP contribution in [0.4, 0.5) is 0 Å². The molecule has 7 rings (SSSR count). The number of rotatable bonds is 2. The molecule has 0 spiro atoms. The maximum absolute atomic E-state index is 5.77. The summed E-state index contributed by atoms with van der Waals surface area (Å²) < 4.78 is 11.5. The lowest BCUT2D eigenvalue weighted by Gasteiger charge is -2.07. The van der Waals surface area contributed by atoms with Crippen molar-refractivity contribution in [3.63, 3.8) is 0 Å². The molecule has 7 aromatic rings. The summed E-state index contributed by atoms with van der Waals surface area (Å²) >= 11 is 0. The molecule has 0 aliphatic heterocycles. The van der Waals surface area contributed by atoms with E-state index in [2.05, 4.69) is 72.8 Å². The minimum absolute atomic E-state index is 0.932. The fraction of sp³-hybridized carbons (Fsp3) is 0.0714.